The highest BCUT2D eigenvalue weighted by atomic mass is 35.5. The molecular weight excluding hydrogens is 449 g/mol. The second kappa shape index (κ2) is 9.46. The van der Waals surface area contributed by atoms with Crippen molar-refractivity contribution < 1.29 is 9.53 Å². The number of benzene rings is 2. The molecule has 2 heterocycles. The molecule has 0 aliphatic carbocycles. The summed E-state index contributed by atoms with van der Waals surface area (Å²) < 4.78 is 9.04. The van der Waals surface area contributed by atoms with Gasteiger partial charge in [0.25, 0.3) is 5.91 Å². The maximum absolute atomic E-state index is 13.0. The highest BCUT2D eigenvalue weighted by Crippen LogP contribution is 2.24. The first-order chi connectivity index (χ1) is 15.4. The van der Waals surface area contributed by atoms with Gasteiger partial charge in [0.1, 0.15) is 11.4 Å². The lowest BCUT2D eigenvalue weighted by atomic mass is 10.2. The summed E-state index contributed by atoms with van der Waals surface area (Å²) in [6.45, 7) is 4.40. The smallest absolute Gasteiger partial charge is 0.274 e. The molecule has 7 nitrogen and oxygen atoms in total. The van der Waals surface area contributed by atoms with Crippen LogP contribution in [0.25, 0.3) is 0 Å². The van der Waals surface area contributed by atoms with Crippen molar-refractivity contribution in [3.8, 4) is 5.75 Å². The highest BCUT2D eigenvalue weighted by molar-refractivity contribution is 6.32. The van der Waals surface area contributed by atoms with Crippen LogP contribution in [0.5, 0.6) is 5.75 Å². The number of carbonyl (C=O) groups is 1. The molecule has 0 aliphatic rings. The van der Waals surface area contributed by atoms with Gasteiger partial charge in [0.2, 0.25) is 0 Å². The Balaban J connectivity index is 1.48. The Morgan fingerprint density at radius 2 is 1.78 bits per heavy atom. The lowest BCUT2D eigenvalue weighted by molar-refractivity contribution is 0.100. The van der Waals surface area contributed by atoms with E-state index >= 15 is 0 Å². The summed E-state index contributed by atoms with van der Waals surface area (Å²) in [7, 11) is 0. The van der Waals surface area contributed by atoms with Crippen molar-refractivity contribution in [2.45, 2.75) is 27.1 Å². The van der Waals surface area contributed by atoms with Crippen LogP contribution in [0.3, 0.4) is 0 Å². The summed E-state index contributed by atoms with van der Waals surface area (Å²) in [5, 5.41) is 12.9. The van der Waals surface area contributed by atoms with Crippen LogP contribution in [-0.2, 0) is 13.3 Å². The van der Waals surface area contributed by atoms with Gasteiger partial charge in [-0.3, -0.25) is 9.48 Å². The fraction of sp³-hybridized carbons (Fsp3) is 0.174. The van der Waals surface area contributed by atoms with Crippen LogP contribution in [0.1, 0.15) is 27.4 Å². The molecule has 164 valence electrons. The Kier molecular flexibility index (Phi) is 6.48. The highest BCUT2D eigenvalue weighted by Gasteiger charge is 2.18. The Morgan fingerprint density at radius 1 is 1.03 bits per heavy atom. The molecule has 1 amide bonds. The van der Waals surface area contributed by atoms with Crippen molar-refractivity contribution in [1.82, 2.24) is 19.6 Å². The quantitative estimate of drug-likeness (QED) is 0.396. The second-order valence-corrected chi connectivity index (χ2v) is 8.05. The number of para-hydroxylation sites is 1. The van der Waals surface area contributed by atoms with Crippen LogP contribution < -0.4 is 10.1 Å². The van der Waals surface area contributed by atoms with Crippen LogP contribution in [-0.4, -0.2) is 25.5 Å². The van der Waals surface area contributed by atoms with E-state index in [0.29, 0.717) is 33.7 Å². The standard InChI is InChI=1S/C23H21Cl2N5O2/c1-15-22(16(2)29(28-15)13-17-7-9-18(24)10-8-17)27-23(31)20-11-12-26-30(20)14-32-21-6-4-3-5-19(21)25/h3-12H,13-14H2,1-2H3,(H,27,31). The number of halogens is 2. The van der Waals surface area contributed by atoms with Gasteiger partial charge >= 0.3 is 0 Å². The second-order valence-electron chi connectivity index (χ2n) is 7.20. The summed E-state index contributed by atoms with van der Waals surface area (Å²) in [5.74, 6) is 0.216. The van der Waals surface area contributed by atoms with E-state index in [1.807, 2.05) is 54.9 Å². The molecule has 0 saturated heterocycles. The van der Waals surface area contributed by atoms with Gasteiger partial charge in [-0.1, -0.05) is 47.5 Å². The van der Waals surface area contributed by atoms with E-state index in [0.717, 1.165) is 17.0 Å². The molecule has 2 aromatic carbocycles. The molecule has 0 aliphatic heterocycles. The number of nitrogens with zero attached hydrogens (tertiary/aromatic N) is 4. The minimum absolute atomic E-state index is 0.0489. The zero-order valence-electron chi connectivity index (χ0n) is 17.5. The average molecular weight is 470 g/mol. The van der Waals surface area contributed by atoms with E-state index in [-0.39, 0.29) is 12.6 Å². The van der Waals surface area contributed by atoms with E-state index in [1.165, 1.54) is 4.68 Å². The van der Waals surface area contributed by atoms with Gasteiger partial charge < -0.3 is 10.1 Å². The van der Waals surface area contributed by atoms with Crippen molar-refractivity contribution in [2.24, 2.45) is 0 Å². The Labute approximate surface area is 195 Å². The van der Waals surface area contributed by atoms with Crippen LogP contribution in [0.15, 0.2) is 60.8 Å². The molecule has 0 unspecified atom stereocenters. The molecule has 2 aromatic heterocycles. The molecule has 0 radical (unpaired) electrons. The molecule has 0 spiro atoms. The van der Waals surface area contributed by atoms with Gasteiger partial charge in [0.15, 0.2) is 6.73 Å². The van der Waals surface area contributed by atoms with Crippen molar-refractivity contribution in [3.05, 3.63) is 93.5 Å². The third kappa shape index (κ3) is 4.79. The van der Waals surface area contributed by atoms with E-state index in [2.05, 4.69) is 15.5 Å². The van der Waals surface area contributed by atoms with E-state index in [1.54, 1.807) is 24.4 Å². The fourth-order valence-electron chi connectivity index (χ4n) is 3.29. The van der Waals surface area contributed by atoms with Crippen LogP contribution in [0, 0.1) is 13.8 Å². The minimum Gasteiger partial charge on any atom is -0.470 e. The summed E-state index contributed by atoms with van der Waals surface area (Å²) in [4.78, 5) is 13.0. The largest absolute Gasteiger partial charge is 0.470 e. The normalized spacial score (nSPS) is 10.9. The zero-order chi connectivity index (χ0) is 22.7. The fourth-order valence-corrected chi connectivity index (χ4v) is 3.61. The van der Waals surface area contributed by atoms with Crippen molar-refractivity contribution in [2.75, 3.05) is 5.32 Å². The lowest BCUT2D eigenvalue weighted by Gasteiger charge is -2.11. The summed E-state index contributed by atoms with van der Waals surface area (Å²) in [6.07, 6.45) is 1.55. The molecule has 9 heteroatoms. The number of rotatable bonds is 7. The van der Waals surface area contributed by atoms with Crippen LogP contribution >= 0.6 is 23.2 Å². The number of carbonyl (C=O) groups excluding carboxylic acids is 1. The first kappa shape index (κ1) is 21.9. The molecule has 32 heavy (non-hydrogen) atoms. The third-order valence-corrected chi connectivity index (χ3v) is 5.56. The van der Waals surface area contributed by atoms with E-state index in [4.69, 9.17) is 27.9 Å². The molecule has 4 rings (SSSR count). The van der Waals surface area contributed by atoms with Gasteiger partial charge in [-0.05, 0) is 49.7 Å². The monoisotopic (exact) mass is 469 g/mol. The third-order valence-electron chi connectivity index (χ3n) is 4.99. The van der Waals surface area contributed by atoms with Gasteiger partial charge in [-0.25, -0.2) is 4.68 Å². The Morgan fingerprint density at radius 3 is 2.53 bits per heavy atom. The van der Waals surface area contributed by atoms with Crippen molar-refractivity contribution in [3.63, 3.8) is 0 Å². The molecule has 0 bridgehead atoms. The van der Waals surface area contributed by atoms with Crippen LogP contribution in [0.4, 0.5) is 5.69 Å². The van der Waals surface area contributed by atoms with Gasteiger partial charge in [-0.15, -0.1) is 0 Å². The first-order valence-electron chi connectivity index (χ1n) is 9.91. The zero-order valence-corrected chi connectivity index (χ0v) is 19.1. The first-order valence-corrected chi connectivity index (χ1v) is 10.7. The van der Waals surface area contributed by atoms with E-state index < -0.39 is 0 Å². The minimum atomic E-state index is -0.303. The van der Waals surface area contributed by atoms with Crippen LogP contribution in [0.2, 0.25) is 10.0 Å². The van der Waals surface area contributed by atoms with Gasteiger partial charge in [-0.2, -0.15) is 10.2 Å². The van der Waals surface area contributed by atoms with Crippen molar-refractivity contribution >= 4 is 34.8 Å². The molecule has 1 N–H and O–H groups in total. The maximum atomic E-state index is 13.0. The number of nitrogens with one attached hydrogen (secondary N) is 1. The number of hydrogen-bond donors (Lipinski definition) is 1. The molecule has 4 aromatic rings. The number of anilines is 1. The predicted molar refractivity (Wildman–Crippen MR) is 125 cm³/mol. The number of aryl methyl sites for hydroxylation is 1. The average Bonchev–Trinajstić information content (AvgIpc) is 3.35. The molecule has 0 saturated carbocycles. The number of amides is 1. The van der Waals surface area contributed by atoms with Gasteiger partial charge in [0, 0.05) is 11.2 Å². The summed E-state index contributed by atoms with van der Waals surface area (Å²) in [6, 6.07) is 16.4. The summed E-state index contributed by atoms with van der Waals surface area (Å²) >= 11 is 12.1. The number of hydrogen-bond acceptors (Lipinski definition) is 4. The topological polar surface area (TPSA) is 74.0 Å². The SMILES string of the molecule is Cc1nn(Cc2ccc(Cl)cc2)c(C)c1NC(=O)c1ccnn1COc1ccccc1Cl. The number of ether oxygens (including phenoxy) is 1. The van der Waals surface area contributed by atoms with E-state index in [9.17, 15) is 4.79 Å². The van der Waals surface area contributed by atoms with Crippen molar-refractivity contribution in [1.29, 1.82) is 0 Å². The molecule has 0 fully saturated rings. The van der Waals surface area contributed by atoms with Gasteiger partial charge in [0.05, 0.1) is 28.6 Å². The maximum Gasteiger partial charge on any atom is 0.274 e. The predicted octanol–water partition coefficient (Wildman–Crippen LogP) is 5.34. The molecular formula is C23H21Cl2N5O2. The lowest BCUT2D eigenvalue weighted by Crippen LogP contribution is -2.20. The Hall–Kier alpha value is -3.29. The number of aromatic nitrogens is 4. The Bertz CT molecular complexity index is 1250. The molecule has 0 atom stereocenters. The summed E-state index contributed by atoms with van der Waals surface area (Å²) in [5.41, 5.74) is 3.67.